The van der Waals surface area contributed by atoms with Gasteiger partial charge in [-0.2, -0.15) is 0 Å². The number of carbonyl (C=O) groups excluding carboxylic acids is 1. The first-order valence-electron chi connectivity index (χ1n) is 9.38. The van der Waals surface area contributed by atoms with Crippen molar-refractivity contribution in [3.8, 4) is 0 Å². The van der Waals surface area contributed by atoms with E-state index in [0.717, 1.165) is 42.7 Å². The lowest BCUT2D eigenvalue weighted by atomic mass is 9.50. The van der Waals surface area contributed by atoms with Gasteiger partial charge in [0.25, 0.3) is 0 Å². The molecule has 1 aliphatic heterocycles. The van der Waals surface area contributed by atoms with Gasteiger partial charge in [-0.15, -0.1) is 0 Å². The number of oxazole rings is 1. The fourth-order valence-corrected chi connectivity index (χ4v) is 6.90. The molecule has 3 fully saturated rings. The van der Waals surface area contributed by atoms with Crippen LogP contribution in [-0.2, 0) is 14.6 Å². The van der Waals surface area contributed by atoms with Gasteiger partial charge in [0.05, 0.1) is 17.4 Å². The Kier molecular flexibility index (Phi) is 3.85. The first kappa shape index (κ1) is 17.5. The molecular weight excluding hydrogens is 388 g/mol. The van der Waals surface area contributed by atoms with Gasteiger partial charge >= 0.3 is 0 Å². The zero-order valence-corrected chi connectivity index (χ0v) is 16.4. The lowest BCUT2D eigenvalue weighted by Gasteiger charge is -2.57. The summed E-state index contributed by atoms with van der Waals surface area (Å²) in [5, 5.41) is 3.70. The van der Waals surface area contributed by atoms with Gasteiger partial charge in [-0.05, 0) is 55.7 Å². The molecule has 2 saturated carbocycles. The Balaban J connectivity index is 1.15. The third kappa shape index (κ3) is 3.14. The van der Waals surface area contributed by atoms with Crippen LogP contribution in [-0.4, -0.2) is 36.9 Å². The normalized spacial score (nSPS) is 34.3. The van der Waals surface area contributed by atoms with Gasteiger partial charge in [-0.3, -0.25) is 4.79 Å². The van der Waals surface area contributed by atoms with E-state index in [0.29, 0.717) is 17.4 Å². The molecule has 1 unspecified atom stereocenters. The Hall–Kier alpha value is -1.60. The Bertz CT molecular complexity index is 1020. The maximum Gasteiger partial charge on any atom is 0.224 e. The fourth-order valence-electron chi connectivity index (χ4n) is 5.00. The maximum absolute atomic E-state index is 12.3. The van der Waals surface area contributed by atoms with Gasteiger partial charge in [0.2, 0.25) is 5.91 Å². The number of fused-ring (bicyclic) bond motifs is 1. The molecule has 1 atom stereocenters. The monoisotopic (exact) mass is 408 g/mol. The van der Waals surface area contributed by atoms with E-state index in [-0.39, 0.29) is 34.8 Å². The summed E-state index contributed by atoms with van der Waals surface area (Å²) in [6, 6.07) is 5.64. The predicted molar refractivity (Wildman–Crippen MR) is 101 cm³/mol. The molecule has 0 radical (unpaired) electrons. The predicted octanol–water partition coefficient (Wildman–Crippen LogP) is 3.06. The third-order valence-electron chi connectivity index (χ3n) is 6.38. The number of carbonyl (C=O) groups is 1. The molecule has 2 heterocycles. The fraction of sp³-hybridized carbons (Fsp3) is 0.579. The van der Waals surface area contributed by atoms with Crippen LogP contribution in [0.4, 0.5) is 0 Å². The number of sulfone groups is 1. The second-order valence-electron chi connectivity index (χ2n) is 8.48. The van der Waals surface area contributed by atoms with E-state index in [1.807, 2.05) is 12.1 Å². The molecular formula is C19H21ClN2O4S. The molecule has 1 amide bonds. The van der Waals surface area contributed by atoms with Crippen LogP contribution in [0, 0.1) is 11.3 Å². The molecule has 5 rings (SSSR count). The minimum Gasteiger partial charge on any atom is -0.440 e. The van der Waals surface area contributed by atoms with E-state index < -0.39 is 9.84 Å². The van der Waals surface area contributed by atoms with E-state index in [2.05, 4.69) is 10.3 Å². The first-order valence-corrected chi connectivity index (χ1v) is 11.6. The van der Waals surface area contributed by atoms with E-state index in [9.17, 15) is 13.2 Å². The molecule has 1 N–H and O–H groups in total. The summed E-state index contributed by atoms with van der Waals surface area (Å²) in [6.07, 6.45) is 4.42. The minimum absolute atomic E-state index is 0.000505. The summed E-state index contributed by atoms with van der Waals surface area (Å²) in [4.78, 5) is 16.8. The van der Waals surface area contributed by atoms with Gasteiger partial charge in [0.15, 0.2) is 21.3 Å². The van der Waals surface area contributed by atoms with Crippen LogP contribution >= 0.6 is 11.6 Å². The number of amides is 1. The van der Waals surface area contributed by atoms with Crippen molar-refractivity contribution in [2.75, 3.05) is 11.5 Å². The summed E-state index contributed by atoms with van der Waals surface area (Å²) < 4.78 is 28.9. The van der Waals surface area contributed by atoms with E-state index >= 15 is 0 Å². The molecule has 6 nitrogen and oxygen atoms in total. The summed E-state index contributed by atoms with van der Waals surface area (Å²) in [5.74, 6) is 0.779. The average Bonchev–Trinajstić information content (AvgIpc) is 3.10. The number of hydrogen-bond acceptors (Lipinski definition) is 5. The number of halogens is 1. The number of nitrogens with one attached hydrogen (secondary N) is 1. The smallest absolute Gasteiger partial charge is 0.224 e. The molecule has 27 heavy (non-hydrogen) atoms. The highest BCUT2D eigenvalue weighted by molar-refractivity contribution is 7.91. The van der Waals surface area contributed by atoms with Crippen molar-refractivity contribution < 1.29 is 17.6 Å². The van der Waals surface area contributed by atoms with E-state index in [4.69, 9.17) is 16.0 Å². The molecule has 2 aromatic rings. The van der Waals surface area contributed by atoms with Crippen LogP contribution in [0.1, 0.15) is 43.9 Å². The summed E-state index contributed by atoms with van der Waals surface area (Å²) >= 11 is 6.00. The van der Waals surface area contributed by atoms with Gasteiger partial charge in [0, 0.05) is 17.0 Å². The lowest BCUT2D eigenvalue weighted by Crippen LogP contribution is -2.56. The lowest BCUT2D eigenvalue weighted by molar-refractivity contribution is -0.128. The minimum atomic E-state index is -3.02. The molecule has 2 aliphatic carbocycles. The van der Waals surface area contributed by atoms with E-state index in [1.54, 1.807) is 6.07 Å². The molecule has 1 saturated heterocycles. The van der Waals surface area contributed by atoms with Crippen molar-refractivity contribution in [2.45, 2.75) is 44.1 Å². The van der Waals surface area contributed by atoms with Crippen molar-refractivity contribution in [2.24, 2.45) is 11.3 Å². The largest absolute Gasteiger partial charge is 0.440 e. The quantitative estimate of drug-likeness (QED) is 0.843. The molecule has 8 heteroatoms. The topological polar surface area (TPSA) is 89.3 Å². The molecule has 0 bridgehead atoms. The highest BCUT2D eigenvalue weighted by Gasteiger charge is 2.55. The van der Waals surface area contributed by atoms with Crippen LogP contribution in [0.2, 0.25) is 5.02 Å². The van der Waals surface area contributed by atoms with Crippen LogP contribution in [0.25, 0.3) is 11.1 Å². The number of rotatable bonds is 3. The number of hydrogen-bond donors (Lipinski definition) is 1. The number of nitrogens with zero attached hydrogens (tertiary/aromatic N) is 1. The standard InChI is InChI=1S/C19H21ClN2O4S/c20-13-1-2-16-15(5-13)22-18(26-16)12-6-19(7-12)8-14(9-19)21-17(23)11-3-4-27(24,25)10-11/h1-2,5,11-12,14H,3-4,6-10H2,(H,21,23). The average molecular weight is 409 g/mol. The Morgan fingerprint density at radius 3 is 2.74 bits per heavy atom. The second kappa shape index (κ2) is 5.95. The first-order chi connectivity index (χ1) is 12.8. The molecule has 1 spiro atoms. The van der Waals surface area contributed by atoms with Gasteiger partial charge in [-0.1, -0.05) is 11.6 Å². The molecule has 1 aromatic heterocycles. The van der Waals surface area contributed by atoms with Crippen molar-refractivity contribution in [1.82, 2.24) is 10.3 Å². The van der Waals surface area contributed by atoms with Gasteiger partial charge < -0.3 is 9.73 Å². The summed E-state index contributed by atoms with van der Waals surface area (Å²) in [5.41, 5.74) is 1.84. The number of benzene rings is 1. The summed E-state index contributed by atoms with van der Waals surface area (Å²) in [6.45, 7) is 0. The SMILES string of the molecule is O=C(NC1CC2(C1)CC(c1nc3cc(Cl)ccc3o1)C2)C1CCS(=O)(=O)C1. The van der Waals surface area contributed by atoms with Crippen LogP contribution in [0.5, 0.6) is 0 Å². The molecule has 3 aliphatic rings. The summed E-state index contributed by atoms with van der Waals surface area (Å²) in [7, 11) is -3.02. The van der Waals surface area contributed by atoms with Crippen molar-refractivity contribution in [1.29, 1.82) is 0 Å². The van der Waals surface area contributed by atoms with E-state index in [1.165, 1.54) is 0 Å². The molecule has 144 valence electrons. The molecule has 1 aromatic carbocycles. The highest BCUT2D eigenvalue weighted by Crippen LogP contribution is 2.61. The Morgan fingerprint density at radius 2 is 2.04 bits per heavy atom. The van der Waals surface area contributed by atoms with Crippen LogP contribution < -0.4 is 5.32 Å². The van der Waals surface area contributed by atoms with Crippen LogP contribution in [0.3, 0.4) is 0 Å². The third-order valence-corrected chi connectivity index (χ3v) is 8.39. The number of aromatic nitrogens is 1. The van der Waals surface area contributed by atoms with Gasteiger partial charge in [0.1, 0.15) is 5.52 Å². The van der Waals surface area contributed by atoms with Crippen molar-refractivity contribution in [3.05, 3.63) is 29.1 Å². The Morgan fingerprint density at radius 1 is 1.26 bits per heavy atom. The Labute approximate surface area is 162 Å². The zero-order chi connectivity index (χ0) is 18.8. The second-order valence-corrected chi connectivity index (χ2v) is 11.1. The zero-order valence-electron chi connectivity index (χ0n) is 14.8. The van der Waals surface area contributed by atoms with Crippen LogP contribution in [0.15, 0.2) is 22.6 Å². The van der Waals surface area contributed by atoms with Crippen molar-refractivity contribution >= 4 is 38.4 Å². The van der Waals surface area contributed by atoms with Gasteiger partial charge in [-0.25, -0.2) is 13.4 Å². The highest BCUT2D eigenvalue weighted by atomic mass is 35.5. The van der Waals surface area contributed by atoms with Crippen molar-refractivity contribution in [3.63, 3.8) is 0 Å². The maximum atomic E-state index is 12.3.